The van der Waals surface area contributed by atoms with Gasteiger partial charge in [0.25, 0.3) is 5.91 Å². The molecule has 10 heteroatoms. The Balaban J connectivity index is 1.54. The molecule has 1 aliphatic heterocycles. The number of halogens is 1. The van der Waals surface area contributed by atoms with E-state index in [1.54, 1.807) is 47.4 Å². The minimum absolute atomic E-state index is 0.0635. The summed E-state index contributed by atoms with van der Waals surface area (Å²) in [5.74, 6) is -1.01. The molecule has 1 unspecified atom stereocenters. The van der Waals surface area contributed by atoms with E-state index in [1.807, 2.05) is 6.92 Å². The normalized spacial score (nSPS) is 14.3. The first-order valence-electron chi connectivity index (χ1n) is 10.4. The number of carbonyl (C=O) groups excluding carboxylic acids is 3. The van der Waals surface area contributed by atoms with Gasteiger partial charge in [0.2, 0.25) is 11.8 Å². The number of nitrogens with one attached hydrogen (secondary N) is 3. The van der Waals surface area contributed by atoms with E-state index in [4.69, 9.17) is 15.9 Å². The maximum atomic E-state index is 12.7. The van der Waals surface area contributed by atoms with Gasteiger partial charge in [-0.15, -0.1) is 0 Å². The zero-order valence-electron chi connectivity index (χ0n) is 18.2. The molecule has 0 saturated carbocycles. The van der Waals surface area contributed by atoms with Gasteiger partial charge >= 0.3 is 0 Å². The average Bonchev–Trinajstić information content (AvgIpc) is 2.79. The van der Waals surface area contributed by atoms with Crippen molar-refractivity contribution >= 4 is 45.2 Å². The number of anilines is 1. The molecule has 174 valence electrons. The predicted molar refractivity (Wildman–Crippen MR) is 128 cm³/mol. The van der Waals surface area contributed by atoms with Gasteiger partial charge in [-0.1, -0.05) is 6.07 Å². The first-order chi connectivity index (χ1) is 15.7. The van der Waals surface area contributed by atoms with E-state index < -0.39 is 11.8 Å². The van der Waals surface area contributed by atoms with Crippen LogP contribution >= 0.6 is 15.9 Å². The molecule has 0 bridgehead atoms. The van der Waals surface area contributed by atoms with E-state index in [0.717, 1.165) is 5.56 Å². The molecule has 5 N–H and O–H groups in total. The molecule has 1 fully saturated rings. The summed E-state index contributed by atoms with van der Waals surface area (Å²) in [6.07, 6.45) is -0.340. The molecule has 0 aliphatic carbocycles. The minimum atomic E-state index is -0.456. The molecule has 1 atom stereocenters. The van der Waals surface area contributed by atoms with Crippen molar-refractivity contribution in [3.8, 4) is 0 Å². The van der Waals surface area contributed by atoms with Crippen molar-refractivity contribution in [3.63, 3.8) is 0 Å². The van der Waals surface area contributed by atoms with E-state index in [-0.39, 0.29) is 24.2 Å². The van der Waals surface area contributed by atoms with Crippen LogP contribution < -0.4 is 16.4 Å². The van der Waals surface area contributed by atoms with Crippen LogP contribution in [-0.4, -0.2) is 54.8 Å². The van der Waals surface area contributed by atoms with Crippen molar-refractivity contribution in [2.45, 2.75) is 19.4 Å². The molecule has 3 amide bonds. The van der Waals surface area contributed by atoms with Crippen LogP contribution in [0, 0.1) is 5.41 Å². The largest absolute Gasteiger partial charge is 0.384 e. The monoisotopic (exact) mass is 515 g/mol. The molecule has 3 rings (SSSR count). The second-order valence-electron chi connectivity index (χ2n) is 7.65. The van der Waals surface area contributed by atoms with Gasteiger partial charge in [-0.2, -0.15) is 0 Å². The highest BCUT2D eigenvalue weighted by molar-refractivity contribution is 9.10. The van der Waals surface area contributed by atoms with Gasteiger partial charge in [-0.05, 0) is 64.8 Å². The molecule has 1 saturated heterocycles. The smallest absolute Gasteiger partial charge is 0.255 e. The summed E-state index contributed by atoms with van der Waals surface area (Å²) in [4.78, 5) is 39.0. The Hall–Kier alpha value is -3.24. The Morgan fingerprint density at radius 3 is 2.39 bits per heavy atom. The molecule has 0 aromatic heterocycles. The van der Waals surface area contributed by atoms with E-state index in [9.17, 15) is 14.4 Å². The SMILES string of the molecule is CC(NC(=O)CC(=O)Nc1ccc(C(=N)N)cc1)c1ccc(C(=O)N2CCOCC2)c(Br)c1. The van der Waals surface area contributed by atoms with Gasteiger partial charge in [0.1, 0.15) is 12.3 Å². The number of amides is 3. The van der Waals surface area contributed by atoms with Gasteiger partial charge in [0.15, 0.2) is 0 Å². The fourth-order valence-corrected chi connectivity index (χ4v) is 3.94. The standard InChI is InChI=1S/C23H26BrN5O4/c1-14(16-4-7-18(19(24)12-16)23(32)29-8-10-33-11-9-29)27-20(30)13-21(31)28-17-5-2-15(3-6-17)22(25)26/h2-7,12,14H,8-11,13H2,1H3,(H3,25,26)(H,27,30)(H,28,31). The van der Waals surface area contributed by atoms with Crippen molar-refractivity contribution in [2.75, 3.05) is 31.6 Å². The fourth-order valence-electron chi connectivity index (χ4n) is 3.37. The van der Waals surface area contributed by atoms with E-state index in [2.05, 4.69) is 26.6 Å². The molecule has 2 aromatic rings. The summed E-state index contributed by atoms with van der Waals surface area (Å²) in [6, 6.07) is 11.4. The fraction of sp³-hybridized carbons (Fsp3) is 0.304. The first-order valence-corrected chi connectivity index (χ1v) is 11.2. The van der Waals surface area contributed by atoms with Crippen LogP contribution in [0.4, 0.5) is 5.69 Å². The second-order valence-corrected chi connectivity index (χ2v) is 8.50. The van der Waals surface area contributed by atoms with Crippen molar-refractivity contribution in [1.82, 2.24) is 10.2 Å². The molecular weight excluding hydrogens is 490 g/mol. The van der Waals surface area contributed by atoms with Gasteiger partial charge < -0.3 is 26.0 Å². The van der Waals surface area contributed by atoms with Crippen LogP contribution in [0.25, 0.3) is 0 Å². The predicted octanol–water partition coefficient (Wildman–Crippen LogP) is 2.41. The Kier molecular flexibility index (Phi) is 8.18. The van der Waals surface area contributed by atoms with Crippen LogP contribution in [0.15, 0.2) is 46.9 Å². The number of nitrogens with two attached hydrogens (primary N) is 1. The van der Waals surface area contributed by atoms with Crippen LogP contribution in [0.5, 0.6) is 0 Å². The second kappa shape index (κ2) is 11.1. The Bertz CT molecular complexity index is 1050. The summed E-state index contributed by atoms with van der Waals surface area (Å²) in [5.41, 5.74) is 7.81. The lowest BCUT2D eigenvalue weighted by Crippen LogP contribution is -2.40. The summed E-state index contributed by atoms with van der Waals surface area (Å²) in [7, 11) is 0. The average molecular weight is 516 g/mol. The van der Waals surface area contributed by atoms with E-state index in [1.165, 1.54) is 0 Å². The number of nitrogens with zero attached hydrogens (tertiary/aromatic N) is 1. The number of hydrogen-bond donors (Lipinski definition) is 4. The number of ether oxygens (including phenoxy) is 1. The number of nitrogen functional groups attached to an aromatic ring is 1. The van der Waals surface area contributed by atoms with Crippen molar-refractivity contribution < 1.29 is 19.1 Å². The van der Waals surface area contributed by atoms with Crippen LogP contribution in [0.2, 0.25) is 0 Å². The number of morpholine rings is 1. The van der Waals surface area contributed by atoms with Crippen LogP contribution in [0.3, 0.4) is 0 Å². The number of hydrogen-bond acceptors (Lipinski definition) is 5. The maximum Gasteiger partial charge on any atom is 0.255 e. The quantitative estimate of drug-likeness (QED) is 0.255. The van der Waals surface area contributed by atoms with Crippen molar-refractivity contribution in [3.05, 3.63) is 63.6 Å². The number of rotatable bonds is 7. The molecule has 0 spiro atoms. The molecule has 0 radical (unpaired) electrons. The zero-order valence-corrected chi connectivity index (χ0v) is 19.8. The molecule has 2 aromatic carbocycles. The zero-order chi connectivity index (χ0) is 24.0. The van der Waals surface area contributed by atoms with Crippen molar-refractivity contribution in [1.29, 1.82) is 5.41 Å². The molecule has 1 aliphatic rings. The van der Waals surface area contributed by atoms with Gasteiger partial charge in [-0.25, -0.2) is 0 Å². The van der Waals surface area contributed by atoms with Gasteiger partial charge in [0, 0.05) is 28.8 Å². The summed E-state index contributed by atoms with van der Waals surface area (Å²) in [6.45, 7) is 3.98. The number of carbonyl (C=O) groups is 3. The Morgan fingerprint density at radius 2 is 1.79 bits per heavy atom. The highest BCUT2D eigenvalue weighted by atomic mass is 79.9. The molecule has 9 nitrogen and oxygen atoms in total. The third kappa shape index (κ3) is 6.62. The lowest BCUT2D eigenvalue weighted by atomic mass is 10.0. The van der Waals surface area contributed by atoms with Crippen LogP contribution in [0.1, 0.15) is 40.9 Å². The van der Waals surface area contributed by atoms with E-state index in [0.29, 0.717) is 47.6 Å². The third-order valence-electron chi connectivity index (χ3n) is 5.20. The number of benzene rings is 2. The third-order valence-corrected chi connectivity index (χ3v) is 5.86. The van der Waals surface area contributed by atoms with Crippen LogP contribution in [-0.2, 0) is 14.3 Å². The van der Waals surface area contributed by atoms with E-state index >= 15 is 0 Å². The summed E-state index contributed by atoms with van der Waals surface area (Å²) in [5, 5.41) is 12.8. The topological polar surface area (TPSA) is 138 Å². The van der Waals surface area contributed by atoms with Crippen molar-refractivity contribution in [2.24, 2.45) is 5.73 Å². The molecule has 33 heavy (non-hydrogen) atoms. The minimum Gasteiger partial charge on any atom is -0.384 e. The number of amidine groups is 1. The molecular formula is C23H26BrN5O4. The maximum absolute atomic E-state index is 12.7. The molecule has 1 heterocycles. The Morgan fingerprint density at radius 1 is 1.12 bits per heavy atom. The lowest BCUT2D eigenvalue weighted by molar-refractivity contribution is -0.127. The first kappa shape index (κ1) is 24.4. The van der Waals surface area contributed by atoms with Gasteiger partial charge in [-0.3, -0.25) is 19.8 Å². The van der Waals surface area contributed by atoms with Gasteiger partial charge in [0.05, 0.1) is 24.8 Å². The lowest BCUT2D eigenvalue weighted by Gasteiger charge is -2.27. The highest BCUT2D eigenvalue weighted by Gasteiger charge is 2.21. The summed E-state index contributed by atoms with van der Waals surface area (Å²) >= 11 is 3.46. The highest BCUT2D eigenvalue weighted by Crippen LogP contribution is 2.24. The summed E-state index contributed by atoms with van der Waals surface area (Å²) < 4.78 is 5.93. The Labute approximate surface area is 200 Å².